The molecule has 4 aliphatic rings. The standard InChI is InChI=1S/C19H31N3O2/c20-19(24)17-2-1-7-22(17)16-5-8-21(9-6-16)18(23)12-15-11-13-3-4-14(15)10-13/h13-17H,1-12H2,(H2,20,24)/t13-,14-,15+,17-/m0/s1. The fraction of sp³-hybridized carbons (Fsp3) is 0.895. The van der Waals surface area contributed by atoms with Gasteiger partial charge in [0.25, 0.3) is 0 Å². The molecule has 5 heteroatoms. The summed E-state index contributed by atoms with van der Waals surface area (Å²) in [5.41, 5.74) is 5.55. The number of nitrogens with zero attached hydrogens (tertiary/aromatic N) is 2. The van der Waals surface area contributed by atoms with Crippen LogP contribution < -0.4 is 5.73 Å². The zero-order chi connectivity index (χ0) is 16.7. The van der Waals surface area contributed by atoms with Crippen LogP contribution in [0.3, 0.4) is 0 Å². The summed E-state index contributed by atoms with van der Waals surface area (Å²) in [5, 5.41) is 0. The molecule has 0 aromatic carbocycles. The first-order valence-electron chi connectivity index (χ1n) is 9.94. The number of carbonyl (C=O) groups is 2. The van der Waals surface area contributed by atoms with Crippen molar-refractivity contribution in [3.8, 4) is 0 Å². The molecule has 2 aliphatic heterocycles. The number of amides is 2. The summed E-state index contributed by atoms with van der Waals surface area (Å²) in [6.45, 7) is 2.69. The van der Waals surface area contributed by atoms with Gasteiger partial charge in [0.1, 0.15) is 0 Å². The molecule has 0 radical (unpaired) electrons. The van der Waals surface area contributed by atoms with E-state index >= 15 is 0 Å². The second kappa shape index (κ2) is 6.66. The van der Waals surface area contributed by atoms with E-state index in [-0.39, 0.29) is 11.9 Å². The maximum Gasteiger partial charge on any atom is 0.234 e. The van der Waals surface area contributed by atoms with Gasteiger partial charge in [0.05, 0.1) is 6.04 Å². The molecule has 5 nitrogen and oxygen atoms in total. The number of carbonyl (C=O) groups excluding carboxylic acids is 2. The maximum absolute atomic E-state index is 12.7. The Hall–Kier alpha value is -1.10. The highest BCUT2D eigenvalue weighted by Gasteiger charge is 2.41. The molecule has 4 fully saturated rings. The summed E-state index contributed by atoms with van der Waals surface area (Å²) < 4.78 is 0. The summed E-state index contributed by atoms with van der Waals surface area (Å²) in [6, 6.07) is 0.350. The molecule has 0 aromatic heterocycles. The Bertz CT molecular complexity index is 501. The van der Waals surface area contributed by atoms with E-state index in [1.807, 2.05) is 0 Å². The minimum atomic E-state index is -0.178. The van der Waals surface area contributed by atoms with E-state index in [2.05, 4.69) is 9.80 Å². The third kappa shape index (κ3) is 3.07. The number of hydrogen-bond donors (Lipinski definition) is 1. The second-order valence-corrected chi connectivity index (χ2v) is 8.55. The molecule has 0 spiro atoms. The largest absolute Gasteiger partial charge is 0.368 e. The van der Waals surface area contributed by atoms with Crippen LogP contribution in [0.15, 0.2) is 0 Å². The van der Waals surface area contributed by atoms with Crippen molar-refractivity contribution in [1.29, 1.82) is 0 Å². The quantitative estimate of drug-likeness (QED) is 0.852. The first kappa shape index (κ1) is 16.4. The number of likely N-dealkylation sites (tertiary alicyclic amines) is 2. The van der Waals surface area contributed by atoms with Gasteiger partial charge in [-0.3, -0.25) is 14.5 Å². The van der Waals surface area contributed by atoms with Crippen molar-refractivity contribution in [2.45, 2.75) is 69.9 Å². The minimum Gasteiger partial charge on any atom is -0.368 e. The molecule has 134 valence electrons. The molecule has 2 bridgehead atoms. The van der Waals surface area contributed by atoms with Gasteiger partial charge < -0.3 is 10.6 Å². The van der Waals surface area contributed by atoms with Gasteiger partial charge in [-0.2, -0.15) is 0 Å². The lowest BCUT2D eigenvalue weighted by molar-refractivity contribution is -0.135. The molecule has 2 saturated carbocycles. The van der Waals surface area contributed by atoms with Crippen LogP contribution in [0.2, 0.25) is 0 Å². The lowest BCUT2D eigenvalue weighted by Crippen LogP contribution is -2.51. The number of nitrogens with two attached hydrogens (primary N) is 1. The van der Waals surface area contributed by atoms with Gasteiger partial charge in [0.15, 0.2) is 0 Å². The van der Waals surface area contributed by atoms with Crippen LogP contribution in [0.4, 0.5) is 0 Å². The van der Waals surface area contributed by atoms with E-state index in [0.29, 0.717) is 17.9 Å². The molecule has 0 unspecified atom stereocenters. The van der Waals surface area contributed by atoms with Crippen LogP contribution in [-0.2, 0) is 9.59 Å². The van der Waals surface area contributed by atoms with Crippen LogP contribution in [0.1, 0.15) is 57.8 Å². The summed E-state index contributed by atoms with van der Waals surface area (Å²) in [5.74, 6) is 2.60. The smallest absolute Gasteiger partial charge is 0.234 e. The molecule has 2 heterocycles. The fourth-order valence-corrected chi connectivity index (χ4v) is 5.96. The Balaban J connectivity index is 1.27. The zero-order valence-corrected chi connectivity index (χ0v) is 14.7. The average molecular weight is 333 g/mol. The molecule has 4 atom stereocenters. The summed E-state index contributed by atoms with van der Waals surface area (Å²) in [4.78, 5) is 28.7. The van der Waals surface area contributed by atoms with Crippen molar-refractivity contribution < 1.29 is 9.59 Å². The van der Waals surface area contributed by atoms with Crippen molar-refractivity contribution in [3.63, 3.8) is 0 Å². The first-order valence-corrected chi connectivity index (χ1v) is 9.94. The Labute approximate surface area is 144 Å². The molecule has 2 amide bonds. The molecular formula is C19H31N3O2. The van der Waals surface area contributed by atoms with Gasteiger partial charge in [0.2, 0.25) is 11.8 Å². The SMILES string of the molecule is NC(=O)[C@@H]1CCCN1C1CCN(C(=O)C[C@H]2C[C@H]3CC[C@H]2C3)CC1. The lowest BCUT2D eigenvalue weighted by atomic mass is 9.86. The Kier molecular flexibility index (Phi) is 4.54. The summed E-state index contributed by atoms with van der Waals surface area (Å²) >= 11 is 0. The van der Waals surface area contributed by atoms with Crippen molar-refractivity contribution in [2.75, 3.05) is 19.6 Å². The summed E-state index contributed by atoms with van der Waals surface area (Å²) in [6.07, 6.45) is 10.2. The minimum absolute atomic E-state index is 0.0775. The normalized spacial score (nSPS) is 37.2. The number of hydrogen-bond acceptors (Lipinski definition) is 3. The highest BCUT2D eigenvalue weighted by molar-refractivity contribution is 5.80. The number of fused-ring (bicyclic) bond motifs is 2. The van der Waals surface area contributed by atoms with E-state index in [1.165, 1.54) is 25.7 Å². The van der Waals surface area contributed by atoms with E-state index in [9.17, 15) is 9.59 Å². The average Bonchev–Trinajstić information content (AvgIpc) is 3.31. The van der Waals surface area contributed by atoms with Crippen LogP contribution in [0.25, 0.3) is 0 Å². The van der Waals surface area contributed by atoms with E-state index in [1.54, 1.807) is 0 Å². The van der Waals surface area contributed by atoms with E-state index < -0.39 is 0 Å². The van der Waals surface area contributed by atoms with Crippen LogP contribution in [0.5, 0.6) is 0 Å². The Morgan fingerprint density at radius 3 is 2.38 bits per heavy atom. The fourth-order valence-electron chi connectivity index (χ4n) is 5.96. The summed E-state index contributed by atoms with van der Waals surface area (Å²) in [7, 11) is 0. The van der Waals surface area contributed by atoms with Crippen molar-refractivity contribution in [3.05, 3.63) is 0 Å². The molecule has 0 aromatic rings. The van der Waals surface area contributed by atoms with Gasteiger partial charge in [-0.15, -0.1) is 0 Å². The number of piperidine rings is 1. The predicted molar refractivity (Wildman–Crippen MR) is 92.1 cm³/mol. The van der Waals surface area contributed by atoms with Crippen molar-refractivity contribution >= 4 is 11.8 Å². The molecule has 2 saturated heterocycles. The molecule has 2 N–H and O–H groups in total. The Morgan fingerprint density at radius 2 is 1.75 bits per heavy atom. The lowest BCUT2D eigenvalue weighted by Gasteiger charge is -2.39. The van der Waals surface area contributed by atoms with E-state index in [4.69, 9.17) is 5.73 Å². The zero-order valence-electron chi connectivity index (χ0n) is 14.7. The van der Waals surface area contributed by atoms with Gasteiger partial charge >= 0.3 is 0 Å². The van der Waals surface area contributed by atoms with Crippen molar-refractivity contribution in [2.24, 2.45) is 23.5 Å². The highest BCUT2D eigenvalue weighted by atomic mass is 16.2. The first-order chi connectivity index (χ1) is 11.6. The topological polar surface area (TPSA) is 66.6 Å². The molecule has 4 rings (SSSR count). The Morgan fingerprint density at radius 1 is 0.958 bits per heavy atom. The van der Waals surface area contributed by atoms with Crippen LogP contribution in [-0.4, -0.2) is 53.3 Å². The van der Waals surface area contributed by atoms with Crippen LogP contribution >= 0.6 is 0 Å². The molecule has 2 aliphatic carbocycles. The third-order valence-electron chi connectivity index (χ3n) is 7.23. The van der Waals surface area contributed by atoms with Gasteiger partial charge in [-0.05, 0) is 69.2 Å². The second-order valence-electron chi connectivity index (χ2n) is 8.55. The monoisotopic (exact) mass is 333 g/mol. The van der Waals surface area contributed by atoms with Gasteiger partial charge in [-0.1, -0.05) is 6.42 Å². The van der Waals surface area contributed by atoms with E-state index in [0.717, 1.165) is 63.6 Å². The predicted octanol–water partition coefficient (Wildman–Crippen LogP) is 1.75. The highest BCUT2D eigenvalue weighted by Crippen LogP contribution is 2.49. The number of primary amides is 1. The maximum atomic E-state index is 12.7. The van der Waals surface area contributed by atoms with Crippen LogP contribution in [0, 0.1) is 17.8 Å². The molecular weight excluding hydrogens is 302 g/mol. The third-order valence-corrected chi connectivity index (χ3v) is 7.23. The van der Waals surface area contributed by atoms with Gasteiger partial charge in [-0.25, -0.2) is 0 Å². The van der Waals surface area contributed by atoms with Gasteiger partial charge in [0, 0.05) is 25.6 Å². The molecule has 24 heavy (non-hydrogen) atoms. The number of rotatable bonds is 4. The van der Waals surface area contributed by atoms with Crippen molar-refractivity contribution in [1.82, 2.24) is 9.80 Å².